The molecule has 0 aromatic carbocycles. The largest absolute Gasteiger partial charge is 0.367 e. The van der Waals surface area contributed by atoms with Gasteiger partial charge in [0, 0.05) is 6.04 Å². The van der Waals surface area contributed by atoms with Crippen molar-refractivity contribution in [3.05, 3.63) is 10.2 Å². The molecule has 0 fully saturated rings. The highest BCUT2D eigenvalue weighted by molar-refractivity contribution is 9.10. The minimum Gasteiger partial charge on any atom is -0.367 e. The zero-order chi connectivity index (χ0) is 11.0. The molecule has 1 N–H and O–H groups in total. The highest BCUT2D eigenvalue weighted by Crippen LogP contribution is 2.35. The number of aromatic nitrogens is 2. The molecule has 84 valence electrons. The fourth-order valence-electron chi connectivity index (χ4n) is 2.21. The predicted octanol–water partition coefficient (Wildman–Crippen LogP) is 3.36. The van der Waals surface area contributed by atoms with Crippen LogP contribution < -0.4 is 5.32 Å². The third kappa shape index (κ3) is 1.92. The van der Waals surface area contributed by atoms with Crippen molar-refractivity contribution in [2.24, 2.45) is 0 Å². The first-order chi connectivity index (χ1) is 7.13. The molecule has 2 unspecified atom stereocenters. The van der Waals surface area contributed by atoms with Gasteiger partial charge in [0.2, 0.25) is 0 Å². The SMILES string of the molecule is CCCc1nn2c(c1Br)NC(C)CC2C. The van der Waals surface area contributed by atoms with Crippen LogP contribution in [0.1, 0.15) is 45.3 Å². The average molecular weight is 272 g/mol. The number of aryl methyl sites for hydroxylation is 1. The minimum atomic E-state index is 0.498. The lowest BCUT2D eigenvalue weighted by Gasteiger charge is -2.28. The summed E-state index contributed by atoms with van der Waals surface area (Å²) in [5.74, 6) is 1.16. The van der Waals surface area contributed by atoms with Crippen LogP contribution in [-0.4, -0.2) is 15.8 Å². The molecule has 0 aliphatic carbocycles. The summed E-state index contributed by atoms with van der Waals surface area (Å²) >= 11 is 3.65. The van der Waals surface area contributed by atoms with E-state index in [4.69, 9.17) is 0 Å². The third-order valence-electron chi connectivity index (χ3n) is 2.90. The molecule has 0 saturated carbocycles. The average Bonchev–Trinajstić information content (AvgIpc) is 2.47. The van der Waals surface area contributed by atoms with E-state index < -0.39 is 0 Å². The number of hydrogen-bond donors (Lipinski definition) is 1. The second-order valence-corrected chi connectivity index (χ2v) is 5.23. The fourth-order valence-corrected chi connectivity index (χ4v) is 2.78. The number of nitrogens with zero attached hydrogens (tertiary/aromatic N) is 2. The van der Waals surface area contributed by atoms with Crippen molar-refractivity contribution >= 4 is 21.7 Å². The van der Waals surface area contributed by atoms with Gasteiger partial charge in [0.05, 0.1) is 16.2 Å². The van der Waals surface area contributed by atoms with E-state index in [1.807, 2.05) is 0 Å². The van der Waals surface area contributed by atoms with Crippen molar-refractivity contribution in [3.63, 3.8) is 0 Å². The van der Waals surface area contributed by atoms with Crippen molar-refractivity contribution in [3.8, 4) is 0 Å². The molecular formula is C11H18BrN3. The smallest absolute Gasteiger partial charge is 0.139 e. The van der Waals surface area contributed by atoms with Crippen LogP contribution in [0.15, 0.2) is 4.47 Å². The highest BCUT2D eigenvalue weighted by Gasteiger charge is 2.25. The van der Waals surface area contributed by atoms with Crippen LogP contribution in [0.3, 0.4) is 0 Å². The van der Waals surface area contributed by atoms with Gasteiger partial charge in [-0.15, -0.1) is 0 Å². The van der Waals surface area contributed by atoms with Gasteiger partial charge in [-0.3, -0.25) is 0 Å². The first kappa shape index (κ1) is 11.0. The summed E-state index contributed by atoms with van der Waals surface area (Å²) in [6.45, 7) is 6.64. The van der Waals surface area contributed by atoms with E-state index in [1.54, 1.807) is 0 Å². The molecule has 0 bridgehead atoms. The summed E-state index contributed by atoms with van der Waals surface area (Å²) in [5, 5.41) is 8.15. The number of fused-ring (bicyclic) bond motifs is 1. The van der Waals surface area contributed by atoms with E-state index in [9.17, 15) is 0 Å². The topological polar surface area (TPSA) is 29.9 Å². The zero-order valence-corrected chi connectivity index (χ0v) is 11.1. The number of anilines is 1. The van der Waals surface area contributed by atoms with Crippen molar-refractivity contribution in [2.75, 3.05) is 5.32 Å². The Labute approximate surface area is 99.4 Å². The monoisotopic (exact) mass is 271 g/mol. The lowest BCUT2D eigenvalue weighted by atomic mass is 10.1. The molecule has 2 rings (SSSR count). The minimum absolute atomic E-state index is 0.498. The fraction of sp³-hybridized carbons (Fsp3) is 0.727. The molecule has 0 spiro atoms. The number of hydrogen-bond acceptors (Lipinski definition) is 2. The molecule has 2 atom stereocenters. The summed E-state index contributed by atoms with van der Waals surface area (Å²) in [4.78, 5) is 0. The Morgan fingerprint density at radius 1 is 1.53 bits per heavy atom. The Morgan fingerprint density at radius 3 is 2.93 bits per heavy atom. The van der Waals surface area contributed by atoms with Crippen molar-refractivity contribution in [2.45, 2.75) is 52.1 Å². The van der Waals surface area contributed by atoms with Crippen LogP contribution in [0.4, 0.5) is 5.82 Å². The lowest BCUT2D eigenvalue weighted by molar-refractivity contribution is 0.411. The molecule has 1 aliphatic rings. The standard InChI is InChI=1S/C11H18BrN3/c1-4-5-9-10(12)11-13-7(2)6-8(3)15(11)14-9/h7-8,13H,4-6H2,1-3H3. The molecule has 1 aromatic rings. The Hall–Kier alpha value is -0.510. The maximum absolute atomic E-state index is 4.66. The van der Waals surface area contributed by atoms with Crippen LogP contribution in [-0.2, 0) is 6.42 Å². The first-order valence-electron chi connectivity index (χ1n) is 5.66. The Morgan fingerprint density at radius 2 is 2.27 bits per heavy atom. The normalized spacial score (nSPS) is 24.8. The van der Waals surface area contributed by atoms with E-state index in [0.29, 0.717) is 12.1 Å². The second-order valence-electron chi connectivity index (χ2n) is 4.43. The molecule has 0 saturated heterocycles. The number of nitrogens with one attached hydrogen (secondary N) is 1. The Balaban J connectivity index is 2.38. The van der Waals surface area contributed by atoms with Crippen LogP contribution in [0, 0.1) is 0 Å². The van der Waals surface area contributed by atoms with Gasteiger partial charge in [0.25, 0.3) is 0 Å². The summed E-state index contributed by atoms with van der Waals surface area (Å²) in [5.41, 5.74) is 1.18. The zero-order valence-electron chi connectivity index (χ0n) is 9.55. The van der Waals surface area contributed by atoms with Gasteiger partial charge in [-0.05, 0) is 42.6 Å². The van der Waals surface area contributed by atoms with Gasteiger partial charge in [-0.1, -0.05) is 13.3 Å². The van der Waals surface area contributed by atoms with Crippen molar-refractivity contribution in [1.29, 1.82) is 0 Å². The van der Waals surface area contributed by atoms with Crippen molar-refractivity contribution < 1.29 is 0 Å². The van der Waals surface area contributed by atoms with E-state index >= 15 is 0 Å². The molecule has 1 aromatic heterocycles. The van der Waals surface area contributed by atoms with E-state index in [0.717, 1.165) is 29.6 Å². The lowest BCUT2D eigenvalue weighted by Crippen LogP contribution is -2.28. The molecule has 1 aliphatic heterocycles. The quantitative estimate of drug-likeness (QED) is 0.894. The molecule has 15 heavy (non-hydrogen) atoms. The van der Waals surface area contributed by atoms with Crippen LogP contribution in [0.5, 0.6) is 0 Å². The maximum atomic E-state index is 4.66. The summed E-state index contributed by atoms with van der Waals surface area (Å²) in [6, 6.07) is 1.04. The molecule has 0 amide bonds. The van der Waals surface area contributed by atoms with Crippen LogP contribution in [0.2, 0.25) is 0 Å². The van der Waals surface area contributed by atoms with E-state index in [2.05, 4.69) is 51.8 Å². The van der Waals surface area contributed by atoms with Gasteiger partial charge in [0.15, 0.2) is 0 Å². The van der Waals surface area contributed by atoms with E-state index in [1.165, 1.54) is 5.69 Å². The molecule has 0 radical (unpaired) electrons. The Bertz CT molecular complexity index is 359. The molecule has 3 nitrogen and oxygen atoms in total. The van der Waals surface area contributed by atoms with Crippen molar-refractivity contribution in [1.82, 2.24) is 9.78 Å². The maximum Gasteiger partial charge on any atom is 0.139 e. The Kier molecular flexibility index (Phi) is 3.05. The summed E-state index contributed by atoms with van der Waals surface area (Å²) in [7, 11) is 0. The predicted molar refractivity (Wildman–Crippen MR) is 66.3 cm³/mol. The number of halogens is 1. The van der Waals surface area contributed by atoms with Gasteiger partial charge < -0.3 is 5.32 Å². The number of rotatable bonds is 2. The van der Waals surface area contributed by atoms with E-state index in [-0.39, 0.29) is 0 Å². The van der Waals surface area contributed by atoms with Gasteiger partial charge in [0.1, 0.15) is 5.82 Å². The van der Waals surface area contributed by atoms with Gasteiger partial charge in [-0.25, -0.2) is 4.68 Å². The van der Waals surface area contributed by atoms with Crippen LogP contribution >= 0.6 is 15.9 Å². The van der Waals surface area contributed by atoms with Gasteiger partial charge >= 0.3 is 0 Å². The second kappa shape index (κ2) is 4.16. The molecule has 2 heterocycles. The molecule has 4 heteroatoms. The molecular weight excluding hydrogens is 254 g/mol. The van der Waals surface area contributed by atoms with Crippen LogP contribution in [0.25, 0.3) is 0 Å². The van der Waals surface area contributed by atoms with Gasteiger partial charge in [-0.2, -0.15) is 5.10 Å². The highest BCUT2D eigenvalue weighted by atomic mass is 79.9. The first-order valence-corrected chi connectivity index (χ1v) is 6.46. The third-order valence-corrected chi connectivity index (χ3v) is 3.73. The summed E-state index contributed by atoms with van der Waals surface area (Å²) in [6.07, 6.45) is 3.33. The summed E-state index contributed by atoms with van der Waals surface area (Å²) < 4.78 is 3.28.